The van der Waals surface area contributed by atoms with Crippen molar-refractivity contribution in [2.75, 3.05) is 31.6 Å². The van der Waals surface area contributed by atoms with E-state index in [2.05, 4.69) is 32.1 Å². The second-order valence-corrected chi connectivity index (χ2v) is 10.4. The molecule has 1 saturated heterocycles. The molecule has 3 aromatic rings. The van der Waals surface area contributed by atoms with Crippen LogP contribution in [0.4, 0.5) is 5.69 Å². The van der Waals surface area contributed by atoms with Crippen LogP contribution in [0.3, 0.4) is 0 Å². The van der Waals surface area contributed by atoms with Crippen molar-refractivity contribution in [3.05, 3.63) is 47.6 Å². The Labute approximate surface area is 211 Å². The summed E-state index contributed by atoms with van der Waals surface area (Å²) in [6, 6.07) is 6.12. The molecule has 8 nitrogen and oxygen atoms in total. The number of rotatable bonds is 8. The van der Waals surface area contributed by atoms with Crippen LogP contribution in [0.5, 0.6) is 0 Å². The molecule has 4 rings (SSSR count). The normalized spacial score (nSPS) is 19.0. The second-order valence-electron chi connectivity index (χ2n) is 10.00. The molecule has 0 amide bonds. The van der Waals surface area contributed by atoms with Crippen molar-refractivity contribution >= 4 is 28.2 Å². The lowest BCUT2D eigenvalue weighted by atomic mass is 9.91. The van der Waals surface area contributed by atoms with Crippen molar-refractivity contribution in [2.24, 2.45) is 5.92 Å². The topological polar surface area (TPSA) is 115 Å². The number of aromatic nitrogens is 3. The minimum absolute atomic E-state index is 0.144. The Hall–Kier alpha value is -2.36. The average molecular weight is 500 g/mol. The third-order valence-corrected chi connectivity index (χ3v) is 6.94. The predicted octanol–water partition coefficient (Wildman–Crippen LogP) is 3.44. The number of anilines is 1. The first kappa shape index (κ1) is 25.7. The standard InChI is InChI=1S/C26H34ClN5O3/c1-16(18-5-4-8-32(13-18)14-20(34)15-33)31-24-21-9-17(6-7-23(21)28-12-22(24)27)19-10-29-25(30-11-19)26(2,3)35/h6-7,9-12,16,18,20,33-35H,4-5,8,13-15H2,1-3H3,(H,28,31)/t16-,18-,20?/m0/s1. The average Bonchev–Trinajstić information content (AvgIpc) is 2.85. The third-order valence-electron chi connectivity index (χ3n) is 6.65. The summed E-state index contributed by atoms with van der Waals surface area (Å²) in [7, 11) is 0. The molecule has 1 aliphatic rings. The monoisotopic (exact) mass is 499 g/mol. The highest BCUT2D eigenvalue weighted by molar-refractivity contribution is 6.34. The molecule has 0 aliphatic carbocycles. The fourth-order valence-electron chi connectivity index (χ4n) is 4.65. The van der Waals surface area contributed by atoms with Gasteiger partial charge >= 0.3 is 0 Å². The number of benzene rings is 1. The Balaban J connectivity index is 1.58. The number of likely N-dealkylation sites (tertiary alicyclic amines) is 1. The molecule has 4 N–H and O–H groups in total. The van der Waals surface area contributed by atoms with Gasteiger partial charge in [0.2, 0.25) is 0 Å². The molecule has 0 spiro atoms. The highest BCUT2D eigenvalue weighted by Crippen LogP contribution is 2.34. The van der Waals surface area contributed by atoms with Crippen molar-refractivity contribution in [1.29, 1.82) is 0 Å². The van der Waals surface area contributed by atoms with Crippen LogP contribution in [-0.4, -0.2) is 73.6 Å². The van der Waals surface area contributed by atoms with Gasteiger partial charge in [0.25, 0.3) is 0 Å². The zero-order valence-electron chi connectivity index (χ0n) is 20.4. The van der Waals surface area contributed by atoms with Crippen molar-refractivity contribution in [3.63, 3.8) is 0 Å². The number of halogens is 1. The SMILES string of the molecule is C[C@H](Nc1c(Cl)cnc2ccc(-c3cnc(C(C)(C)O)nc3)cc12)[C@H]1CCCN(CC(O)CO)C1. The lowest BCUT2D eigenvalue weighted by Gasteiger charge is -2.37. The van der Waals surface area contributed by atoms with E-state index >= 15 is 0 Å². The first-order valence-electron chi connectivity index (χ1n) is 12.1. The molecule has 1 fully saturated rings. The van der Waals surface area contributed by atoms with E-state index < -0.39 is 11.7 Å². The second kappa shape index (κ2) is 10.7. The summed E-state index contributed by atoms with van der Waals surface area (Å²) in [6.45, 7) is 7.51. The van der Waals surface area contributed by atoms with Crippen molar-refractivity contribution in [1.82, 2.24) is 19.9 Å². The summed E-state index contributed by atoms with van der Waals surface area (Å²) in [5.41, 5.74) is 2.34. The quantitative estimate of drug-likeness (QED) is 0.372. The van der Waals surface area contributed by atoms with Gasteiger partial charge in [0.1, 0.15) is 5.60 Å². The summed E-state index contributed by atoms with van der Waals surface area (Å²) in [5.74, 6) is 0.746. The van der Waals surface area contributed by atoms with Gasteiger partial charge in [-0.15, -0.1) is 0 Å². The van der Waals surface area contributed by atoms with Gasteiger partial charge in [0.15, 0.2) is 5.82 Å². The van der Waals surface area contributed by atoms with E-state index in [1.54, 1.807) is 32.4 Å². The van der Waals surface area contributed by atoms with E-state index in [9.17, 15) is 15.3 Å². The van der Waals surface area contributed by atoms with E-state index in [1.165, 1.54) is 0 Å². The largest absolute Gasteiger partial charge is 0.394 e. The fraction of sp³-hybridized carbons (Fsp3) is 0.500. The number of hydrogen-bond donors (Lipinski definition) is 4. The van der Waals surface area contributed by atoms with Gasteiger partial charge in [-0.25, -0.2) is 9.97 Å². The number of pyridine rings is 1. The molecule has 35 heavy (non-hydrogen) atoms. The molecule has 1 unspecified atom stereocenters. The Bertz CT molecular complexity index is 1150. The van der Waals surface area contributed by atoms with Gasteiger partial charge in [-0.05, 0) is 63.8 Å². The highest BCUT2D eigenvalue weighted by atomic mass is 35.5. The Kier molecular flexibility index (Phi) is 7.88. The van der Waals surface area contributed by atoms with E-state index in [0.29, 0.717) is 23.3 Å². The van der Waals surface area contributed by atoms with Crippen LogP contribution in [0.1, 0.15) is 39.4 Å². The highest BCUT2D eigenvalue weighted by Gasteiger charge is 2.26. The molecule has 1 aromatic carbocycles. The molecule has 3 atom stereocenters. The predicted molar refractivity (Wildman–Crippen MR) is 138 cm³/mol. The van der Waals surface area contributed by atoms with Crippen LogP contribution in [0.2, 0.25) is 5.02 Å². The van der Waals surface area contributed by atoms with Gasteiger partial charge in [0.05, 0.1) is 28.9 Å². The number of piperidine rings is 1. The third kappa shape index (κ3) is 6.08. The van der Waals surface area contributed by atoms with Gasteiger partial charge in [-0.1, -0.05) is 17.7 Å². The summed E-state index contributed by atoms with van der Waals surface area (Å²) >= 11 is 6.62. The van der Waals surface area contributed by atoms with E-state index in [4.69, 9.17) is 11.6 Å². The number of β-amino-alcohol motifs (C(OH)–C–C–N with tert-alkyl or cyclic N) is 1. The zero-order chi connectivity index (χ0) is 25.2. The summed E-state index contributed by atoms with van der Waals surface area (Å²) in [6.07, 6.45) is 6.51. The molecule has 188 valence electrons. The van der Waals surface area contributed by atoms with Crippen molar-refractivity contribution in [2.45, 2.75) is 51.4 Å². The maximum Gasteiger partial charge on any atom is 0.159 e. The Morgan fingerprint density at radius 3 is 2.60 bits per heavy atom. The maximum absolute atomic E-state index is 10.1. The van der Waals surface area contributed by atoms with Crippen LogP contribution >= 0.6 is 11.6 Å². The van der Waals surface area contributed by atoms with Crippen LogP contribution in [0, 0.1) is 5.92 Å². The number of fused-ring (bicyclic) bond motifs is 1. The molecule has 0 radical (unpaired) electrons. The van der Waals surface area contributed by atoms with Crippen LogP contribution in [0.15, 0.2) is 36.8 Å². The maximum atomic E-state index is 10.1. The van der Waals surface area contributed by atoms with Gasteiger partial charge in [-0.3, -0.25) is 4.98 Å². The Morgan fingerprint density at radius 2 is 1.91 bits per heavy atom. The molecular weight excluding hydrogens is 466 g/mol. The van der Waals surface area contributed by atoms with E-state index in [1.807, 2.05) is 18.2 Å². The molecule has 2 aromatic heterocycles. The van der Waals surface area contributed by atoms with Crippen molar-refractivity contribution in [3.8, 4) is 11.1 Å². The van der Waals surface area contributed by atoms with Gasteiger partial charge in [-0.2, -0.15) is 0 Å². The van der Waals surface area contributed by atoms with Crippen LogP contribution in [0.25, 0.3) is 22.0 Å². The zero-order valence-corrected chi connectivity index (χ0v) is 21.2. The van der Waals surface area contributed by atoms with E-state index in [-0.39, 0.29) is 12.6 Å². The molecule has 0 bridgehead atoms. The lowest BCUT2D eigenvalue weighted by Crippen LogP contribution is -2.45. The number of hydrogen-bond acceptors (Lipinski definition) is 8. The number of aliphatic hydroxyl groups excluding tert-OH is 2. The number of aliphatic hydroxyl groups is 3. The summed E-state index contributed by atoms with van der Waals surface area (Å²) in [4.78, 5) is 15.4. The molecular formula is C26H34ClN5O3. The van der Waals surface area contributed by atoms with Crippen LogP contribution in [-0.2, 0) is 5.60 Å². The summed E-state index contributed by atoms with van der Waals surface area (Å²) in [5, 5.41) is 34.3. The molecule has 9 heteroatoms. The molecule has 0 saturated carbocycles. The first-order chi connectivity index (χ1) is 16.7. The number of nitrogens with one attached hydrogen (secondary N) is 1. The van der Waals surface area contributed by atoms with Crippen LogP contribution < -0.4 is 5.32 Å². The van der Waals surface area contributed by atoms with Gasteiger partial charge in [0, 0.05) is 48.7 Å². The summed E-state index contributed by atoms with van der Waals surface area (Å²) < 4.78 is 0. The van der Waals surface area contributed by atoms with Crippen molar-refractivity contribution < 1.29 is 15.3 Å². The minimum Gasteiger partial charge on any atom is -0.394 e. The first-order valence-corrected chi connectivity index (χ1v) is 12.4. The molecule has 3 heterocycles. The molecule has 1 aliphatic heterocycles. The fourth-order valence-corrected chi connectivity index (χ4v) is 4.86. The lowest BCUT2D eigenvalue weighted by molar-refractivity contribution is 0.0431. The minimum atomic E-state index is -1.10. The smallest absolute Gasteiger partial charge is 0.159 e. The number of nitrogens with zero attached hydrogens (tertiary/aromatic N) is 4. The van der Waals surface area contributed by atoms with Gasteiger partial charge < -0.3 is 25.5 Å². The Morgan fingerprint density at radius 1 is 1.17 bits per heavy atom. The van der Waals surface area contributed by atoms with E-state index in [0.717, 1.165) is 53.6 Å².